The Morgan fingerprint density at radius 2 is 2.25 bits per heavy atom. The van der Waals surface area contributed by atoms with E-state index in [1.165, 1.54) is 5.38 Å². The third kappa shape index (κ3) is 4.26. The topological polar surface area (TPSA) is 77.5 Å². The standard InChI is InChI=1S/C9H12N2O4S/c1-9(2,3)15-8(13)11-7-10-6(4-16-7)14-5-12/h4-5H,1-3H3,(H,10,11,13). The van der Waals surface area contributed by atoms with E-state index in [9.17, 15) is 9.59 Å². The summed E-state index contributed by atoms with van der Waals surface area (Å²) < 4.78 is 9.51. The predicted molar refractivity (Wildman–Crippen MR) is 58.7 cm³/mol. The van der Waals surface area contributed by atoms with E-state index < -0.39 is 11.7 Å². The first-order valence-corrected chi connectivity index (χ1v) is 5.34. The summed E-state index contributed by atoms with van der Waals surface area (Å²) in [5.41, 5.74) is -0.566. The van der Waals surface area contributed by atoms with E-state index in [0.717, 1.165) is 11.3 Å². The van der Waals surface area contributed by atoms with Crippen LogP contribution in [-0.2, 0) is 9.53 Å². The van der Waals surface area contributed by atoms with Gasteiger partial charge in [0.15, 0.2) is 5.13 Å². The molecule has 1 heterocycles. The molecule has 0 aromatic carbocycles. The van der Waals surface area contributed by atoms with Gasteiger partial charge >= 0.3 is 6.09 Å². The van der Waals surface area contributed by atoms with Crippen molar-refractivity contribution in [3.8, 4) is 5.88 Å². The lowest BCUT2D eigenvalue weighted by Crippen LogP contribution is -2.27. The van der Waals surface area contributed by atoms with Gasteiger partial charge in [-0.15, -0.1) is 11.3 Å². The number of nitrogens with one attached hydrogen (secondary N) is 1. The predicted octanol–water partition coefficient (Wildman–Crippen LogP) is 2.03. The Bertz CT molecular complexity index is 383. The quantitative estimate of drug-likeness (QED) is 0.823. The highest BCUT2D eigenvalue weighted by molar-refractivity contribution is 7.14. The second-order valence-electron chi connectivity index (χ2n) is 3.83. The summed E-state index contributed by atoms with van der Waals surface area (Å²) in [7, 11) is 0. The molecule has 0 atom stereocenters. The van der Waals surface area contributed by atoms with Crippen molar-refractivity contribution in [2.45, 2.75) is 26.4 Å². The van der Waals surface area contributed by atoms with Gasteiger partial charge in [0.1, 0.15) is 5.60 Å². The summed E-state index contributed by atoms with van der Waals surface area (Å²) in [4.78, 5) is 25.2. The number of hydrogen-bond acceptors (Lipinski definition) is 6. The Hall–Kier alpha value is -1.63. The Morgan fingerprint density at radius 3 is 2.81 bits per heavy atom. The van der Waals surface area contributed by atoms with Crippen molar-refractivity contribution >= 4 is 29.0 Å². The van der Waals surface area contributed by atoms with Gasteiger partial charge in [0.05, 0.1) is 5.38 Å². The zero-order chi connectivity index (χ0) is 12.2. The van der Waals surface area contributed by atoms with Crippen molar-refractivity contribution in [3.05, 3.63) is 5.38 Å². The molecular weight excluding hydrogens is 232 g/mol. The first kappa shape index (κ1) is 12.4. The van der Waals surface area contributed by atoms with E-state index >= 15 is 0 Å². The lowest BCUT2D eigenvalue weighted by Gasteiger charge is -2.18. The fourth-order valence-electron chi connectivity index (χ4n) is 0.811. The van der Waals surface area contributed by atoms with Crippen LogP contribution in [-0.4, -0.2) is 23.2 Å². The van der Waals surface area contributed by atoms with E-state index in [1.807, 2.05) is 0 Å². The second kappa shape index (κ2) is 4.93. The van der Waals surface area contributed by atoms with Crippen LogP contribution in [0.2, 0.25) is 0 Å². The minimum Gasteiger partial charge on any atom is -0.444 e. The molecule has 0 radical (unpaired) electrons. The fraction of sp³-hybridized carbons (Fsp3) is 0.444. The van der Waals surface area contributed by atoms with Crippen LogP contribution in [0.25, 0.3) is 0 Å². The number of ether oxygens (including phenoxy) is 2. The molecule has 0 fully saturated rings. The van der Waals surface area contributed by atoms with Crippen LogP contribution in [0.15, 0.2) is 5.38 Å². The highest BCUT2D eigenvalue weighted by Gasteiger charge is 2.17. The summed E-state index contributed by atoms with van der Waals surface area (Å²) in [6.07, 6.45) is -0.598. The van der Waals surface area contributed by atoms with E-state index in [-0.39, 0.29) is 12.4 Å². The van der Waals surface area contributed by atoms with E-state index in [1.54, 1.807) is 20.8 Å². The molecule has 1 aromatic rings. The zero-order valence-corrected chi connectivity index (χ0v) is 9.96. The molecule has 0 saturated heterocycles. The molecule has 1 N–H and O–H groups in total. The highest BCUT2D eigenvalue weighted by atomic mass is 32.1. The number of anilines is 1. The lowest BCUT2D eigenvalue weighted by atomic mass is 10.2. The summed E-state index contributed by atoms with van der Waals surface area (Å²) in [5, 5.41) is 4.24. The Kier molecular flexibility index (Phi) is 3.83. The smallest absolute Gasteiger partial charge is 0.413 e. The average Bonchev–Trinajstić information content (AvgIpc) is 2.49. The molecule has 1 amide bonds. The molecule has 1 rings (SSSR count). The number of thiazole rings is 1. The van der Waals surface area contributed by atoms with Gasteiger partial charge in [0, 0.05) is 0 Å². The number of amides is 1. The first-order valence-electron chi connectivity index (χ1n) is 4.46. The molecule has 0 aliphatic carbocycles. The van der Waals surface area contributed by atoms with Gasteiger partial charge in [-0.25, -0.2) is 4.79 Å². The van der Waals surface area contributed by atoms with E-state index in [4.69, 9.17) is 4.74 Å². The summed E-state index contributed by atoms with van der Waals surface area (Å²) in [6.45, 7) is 5.55. The first-order chi connectivity index (χ1) is 7.40. The normalized spacial score (nSPS) is 10.7. The molecule has 0 bridgehead atoms. The number of carbonyl (C=O) groups excluding carboxylic acids is 2. The summed E-state index contributed by atoms with van der Waals surface area (Å²) >= 11 is 1.14. The molecule has 0 spiro atoms. The minimum absolute atomic E-state index is 0.144. The van der Waals surface area contributed by atoms with Crippen molar-refractivity contribution in [2.75, 3.05) is 5.32 Å². The molecule has 0 aliphatic rings. The highest BCUT2D eigenvalue weighted by Crippen LogP contribution is 2.21. The third-order valence-corrected chi connectivity index (χ3v) is 2.00. The molecule has 0 aliphatic heterocycles. The Labute approximate surface area is 96.6 Å². The van der Waals surface area contributed by atoms with Gasteiger partial charge in [0.25, 0.3) is 6.47 Å². The van der Waals surface area contributed by atoms with E-state index in [0.29, 0.717) is 5.13 Å². The molecular formula is C9H12N2O4S. The van der Waals surface area contributed by atoms with Crippen LogP contribution in [0.5, 0.6) is 5.88 Å². The third-order valence-electron chi connectivity index (χ3n) is 1.26. The van der Waals surface area contributed by atoms with Gasteiger partial charge in [-0.3, -0.25) is 10.1 Å². The fourth-order valence-corrected chi connectivity index (χ4v) is 1.42. The van der Waals surface area contributed by atoms with Crippen molar-refractivity contribution in [2.24, 2.45) is 0 Å². The molecule has 6 nitrogen and oxygen atoms in total. The molecule has 1 aromatic heterocycles. The second-order valence-corrected chi connectivity index (χ2v) is 4.69. The van der Waals surface area contributed by atoms with Crippen LogP contribution in [0.4, 0.5) is 9.93 Å². The molecule has 0 unspecified atom stereocenters. The molecule has 16 heavy (non-hydrogen) atoms. The van der Waals surface area contributed by atoms with Crippen molar-refractivity contribution in [1.29, 1.82) is 0 Å². The van der Waals surface area contributed by atoms with Crippen LogP contribution >= 0.6 is 11.3 Å². The van der Waals surface area contributed by atoms with Crippen molar-refractivity contribution < 1.29 is 19.1 Å². The monoisotopic (exact) mass is 244 g/mol. The largest absolute Gasteiger partial charge is 0.444 e. The minimum atomic E-state index is -0.598. The molecule has 0 saturated carbocycles. The lowest BCUT2D eigenvalue weighted by molar-refractivity contribution is -0.120. The van der Waals surface area contributed by atoms with Crippen LogP contribution in [0.3, 0.4) is 0 Å². The van der Waals surface area contributed by atoms with Gasteiger partial charge in [-0.05, 0) is 20.8 Å². The summed E-state index contributed by atoms with van der Waals surface area (Å²) in [5.74, 6) is 0.144. The molecule has 88 valence electrons. The number of carbonyl (C=O) groups is 2. The van der Waals surface area contributed by atoms with Gasteiger partial charge in [-0.1, -0.05) is 0 Å². The maximum Gasteiger partial charge on any atom is 0.413 e. The van der Waals surface area contributed by atoms with Gasteiger partial charge in [0.2, 0.25) is 5.88 Å². The number of rotatable bonds is 3. The summed E-state index contributed by atoms with van der Waals surface area (Å²) in [6, 6.07) is 0. The number of aromatic nitrogens is 1. The Balaban J connectivity index is 2.53. The van der Waals surface area contributed by atoms with E-state index in [2.05, 4.69) is 15.0 Å². The maximum absolute atomic E-state index is 11.3. The van der Waals surface area contributed by atoms with Crippen LogP contribution < -0.4 is 10.1 Å². The van der Waals surface area contributed by atoms with Crippen molar-refractivity contribution in [1.82, 2.24) is 4.98 Å². The maximum atomic E-state index is 11.3. The SMILES string of the molecule is CC(C)(C)OC(=O)Nc1nc(OC=O)cs1. The van der Waals surface area contributed by atoms with Crippen LogP contribution in [0.1, 0.15) is 20.8 Å². The molecule has 7 heteroatoms. The van der Waals surface area contributed by atoms with Gasteiger partial charge < -0.3 is 9.47 Å². The number of nitrogens with zero attached hydrogens (tertiary/aromatic N) is 1. The van der Waals surface area contributed by atoms with Gasteiger partial charge in [-0.2, -0.15) is 4.98 Å². The Morgan fingerprint density at radius 1 is 1.56 bits per heavy atom. The zero-order valence-electron chi connectivity index (χ0n) is 9.14. The van der Waals surface area contributed by atoms with Crippen LogP contribution in [0, 0.1) is 0 Å². The number of hydrogen-bond donors (Lipinski definition) is 1. The average molecular weight is 244 g/mol. The van der Waals surface area contributed by atoms with Crippen molar-refractivity contribution in [3.63, 3.8) is 0 Å².